The first kappa shape index (κ1) is 35.7. The number of amides is 3. The number of nitrogens with one attached hydrogen (secondary N) is 2. The summed E-state index contributed by atoms with van der Waals surface area (Å²) in [6.45, 7) is 10.6. The van der Waals surface area contributed by atoms with E-state index in [9.17, 15) is 18.0 Å². The van der Waals surface area contributed by atoms with E-state index in [-0.39, 0.29) is 6.09 Å². The molecule has 252 valence electrons. The summed E-state index contributed by atoms with van der Waals surface area (Å²) in [5, 5.41) is 0.912. The van der Waals surface area contributed by atoms with Crippen molar-refractivity contribution in [2.75, 3.05) is 28.4 Å². The number of rotatable bonds is 12. The van der Waals surface area contributed by atoms with Gasteiger partial charge in [0.15, 0.2) is 0 Å². The molecule has 0 spiro atoms. The van der Waals surface area contributed by atoms with Crippen LogP contribution in [0.3, 0.4) is 0 Å². The number of thiol groups is 1. The van der Waals surface area contributed by atoms with Crippen LogP contribution in [0.15, 0.2) is 60.7 Å². The molecule has 1 aromatic heterocycles. The third-order valence-corrected chi connectivity index (χ3v) is 8.57. The zero-order valence-electron chi connectivity index (χ0n) is 27.9. The highest BCUT2D eigenvalue weighted by atomic mass is 32.2. The lowest BCUT2D eigenvalue weighted by atomic mass is 9.99. The molecular formula is C35H45N5O5S2. The van der Waals surface area contributed by atoms with Gasteiger partial charge in [-0.25, -0.2) is 22.3 Å². The average molecular weight is 680 g/mol. The summed E-state index contributed by atoms with van der Waals surface area (Å²) in [5.41, 5.74) is 13.2. The Morgan fingerprint density at radius 1 is 0.936 bits per heavy atom. The molecule has 0 aliphatic heterocycles. The number of H-pyrrole nitrogens is 1. The normalized spacial score (nSPS) is 11.8. The van der Waals surface area contributed by atoms with Crippen LogP contribution < -0.4 is 14.8 Å². The van der Waals surface area contributed by atoms with Crippen molar-refractivity contribution in [3.8, 4) is 11.3 Å². The van der Waals surface area contributed by atoms with E-state index in [2.05, 4.69) is 54.6 Å². The van der Waals surface area contributed by atoms with Gasteiger partial charge in [0.25, 0.3) is 0 Å². The lowest BCUT2D eigenvalue weighted by Crippen LogP contribution is -2.38. The molecule has 1 heterocycles. The molecule has 0 fully saturated rings. The van der Waals surface area contributed by atoms with E-state index in [1.807, 2.05) is 45.0 Å². The second-order valence-corrected chi connectivity index (χ2v) is 15.1. The monoisotopic (exact) mass is 679 g/mol. The predicted octanol–water partition coefficient (Wildman–Crippen LogP) is 7.36. The van der Waals surface area contributed by atoms with E-state index >= 15 is 0 Å². The summed E-state index contributed by atoms with van der Waals surface area (Å²) in [6, 6.07) is 18.6. The maximum absolute atomic E-state index is 13.4. The Labute approximate surface area is 283 Å². The minimum absolute atomic E-state index is 0.377. The fourth-order valence-electron chi connectivity index (χ4n) is 5.57. The summed E-state index contributed by atoms with van der Waals surface area (Å²) in [6.07, 6.45) is 3.63. The number of primary amides is 1. The van der Waals surface area contributed by atoms with Crippen LogP contribution in [0.25, 0.3) is 22.2 Å². The second kappa shape index (κ2) is 14.7. The summed E-state index contributed by atoms with van der Waals surface area (Å²) in [7, 11) is -3.33. The molecule has 4 N–H and O–H groups in total. The first-order valence-corrected chi connectivity index (χ1v) is 17.8. The van der Waals surface area contributed by atoms with Gasteiger partial charge in [-0.3, -0.25) is 4.72 Å². The SMILES string of the molecule is Cc1cc(C)cc(-c2[nH]c3ccc(N(S)C(N)=O)cc3c2CCN(CCCCc2ccc(NS(C)(=O)=O)cc2)C(=O)OC(C)(C)C)c1. The molecule has 3 amide bonds. The molecule has 0 bridgehead atoms. The number of sulfonamides is 1. The van der Waals surface area contributed by atoms with E-state index in [0.29, 0.717) is 30.9 Å². The third-order valence-electron chi connectivity index (χ3n) is 7.54. The lowest BCUT2D eigenvalue weighted by molar-refractivity contribution is 0.0249. The molecule has 3 aromatic carbocycles. The van der Waals surface area contributed by atoms with Crippen molar-refractivity contribution in [1.82, 2.24) is 9.88 Å². The molecule has 0 aliphatic carbocycles. The Morgan fingerprint density at radius 2 is 1.60 bits per heavy atom. The largest absolute Gasteiger partial charge is 0.444 e. The number of hydrogen-bond donors (Lipinski definition) is 4. The Hall–Kier alpha value is -4.16. The van der Waals surface area contributed by atoms with Crippen LogP contribution in [0, 0.1) is 13.8 Å². The third kappa shape index (κ3) is 10.2. The molecule has 0 unspecified atom stereocenters. The molecule has 0 aliphatic rings. The molecule has 4 rings (SSSR count). The number of aromatic amines is 1. The average Bonchev–Trinajstić information content (AvgIpc) is 3.32. The molecule has 4 aromatic rings. The fraction of sp³-hybridized carbons (Fsp3) is 0.371. The van der Waals surface area contributed by atoms with Gasteiger partial charge < -0.3 is 20.4 Å². The molecule has 47 heavy (non-hydrogen) atoms. The molecular weight excluding hydrogens is 635 g/mol. The van der Waals surface area contributed by atoms with Crippen LogP contribution >= 0.6 is 12.8 Å². The zero-order valence-corrected chi connectivity index (χ0v) is 29.6. The van der Waals surface area contributed by atoms with Crippen LogP contribution in [-0.2, 0) is 27.6 Å². The quantitative estimate of drug-likeness (QED) is 0.0916. The standard InChI is InChI=1S/C35H45N5O5S2/c1-23-19-24(2)21-26(20-23)32-29(30-22-28(40(46)33(36)41)14-15-31(30)37-32)16-18-39(34(42)45-35(3,4)5)17-8-7-9-25-10-12-27(13-11-25)38-47(6,43)44/h10-15,19-22,37-38,46H,7-9,16-18H2,1-6H3,(H2,36,41). The molecule has 12 heteroatoms. The van der Waals surface area contributed by atoms with Gasteiger partial charge in [0.1, 0.15) is 5.60 Å². The van der Waals surface area contributed by atoms with Gasteiger partial charge in [0, 0.05) is 35.4 Å². The number of urea groups is 1. The van der Waals surface area contributed by atoms with E-state index in [0.717, 1.165) is 74.2 Å². The van der Waals surface area contributed by atoms with Crippen molar-refractivity contribution in [2.24, 2.45) is 5.73 Å². The number of nitrogens with two attached hydrogens (primary N) is 1. The van der Waals surface area contributed by atoms with Gasteiger partial charge in [0.05, 0.1) is 11.9 Å². The van der Waals surface area contributed by atoms with Crippen LogP contribution in [-0.4, -0.2) is 55.4 Å². The number of aromatic nitrogens is 1. The summed E-state index contributed by atoms with van der Waals surface area (Å²) in [4.78, 5) is 30.7. The van der Waals surface area contributed by atoms with Crippen LogP contribution in [0.4, 0.5) is 21.0 Å². The smallest absolute Gasteiger partial charge is 0.410 e. The van der Waals surface area contributed by atoms with Gasteiger partial charge in [-0.2, -0.15) is 0 Å². The minimum atomic E-state index is -3.33. The number of nitrogens with zero attached hydrogens (tertiary/aromatic N) is 2. The number of fused-ring (bicyclic) bond motifs is 1. The maximum Gasteiger partial charge on any atom is 0.410 e. The van der Waals surface area contributed by atoms with E-state index < -0.39 is 21.7 Å². The summed E-state index contributed by atoms with van der Waals surface area (Å²) in [5.74, 6) is 0. The molecule has 0 atom stereocenters. The van der Waals surface area contributed by atoms with Crippen molar-refractivity contribution in [3.05, 3.63) is 82.9 Å². The van der Waals surface area contributed by atoms with Gasteiger partial charge in [-0.1, -0.05) is 42.1 Å². The highest BCUT2D eigenvalue weighted by Gasteiger charge is 2.24. The number of carbonyl (C=O) groups excluding carboxylic acids is 2. The minimum Gasteiger partial charge on any atom is -0.444 e. The maximum atomic E-state index is 13.4. The molecule has 0 saturated carbocycles. The number of hydrogen-bond acceptors (Lipinski definition) is 6. The number of ether oxygens (including phenoxy) is 1. The molecule has 0 radical (unpaired) electrons. The van der Waals surface area contributed by atoms with Gasteiger partial charge in [-0.05, 0) is 119 Å². The van der Waals surface area contributed by atoms with Crippen LogP contribution in [0.5, 0.6) is 0 Å². The number of benzene rings is 3. The number of unbranched alkanes of at least 4 members (excludes halogenated alkanes) is 1. The van der Waals surface area contributed by atoms with E-state index in [1.165, 1.54) is 0 Å². The first-order valence-electron chi connectivity index (χ1n) is 15.6. The zero-order chi connectivity index (χ0) is 34.5. The summed E-state index contributed by atoms with van der Waals surface area (Å²) >= 11 is 4.28. The Morgan fingerprint density at radius 3 is 2.19 bits per heavy atom. The van der Waals surface area contributed by atoms with E-state index in [1.54, 1.807) is 23.1 Å². The highest BCUT2D eigenvalue weighted by Crippen LogP contribution is 2.35. The van der Waals surface area contributed by atoms with Crippen molar-refractivity contribution in [2.45, 2.75) is 65.9 Å². The van der Waals surface area contributed by atoms with Crippen molar-refractivity contribution < 1.29 is 22.7 Å². The van der Waals surface area contributed by atoms with Crippen LogP contribution in [0.2, 0.25) is 0 Å². The fourth-order valence-corrected chi connectivity index (χ4v) is 6.26. The van der Waals surface area contributed by atoms with Gasteiger partial charge in [0.2, 0.25) is 10.0 Å². The van der Waals surface area contributed by atoms with Gasteiger partial charge in [-0.15, -0.1) is 0 Å². The predicted molar refractivity (Wildman–Crippen MR) is 194 cm³/mol. The topological polar surface area (TPSA) is 138 Å². The molecule has 0 saturated heterocycles. The van der Waals surface area contributed by atoms with Gasteiger partial charge >= 0.3 is 12.1 Å². The van der Waals surface area contributed by atoms with Crippen molar-refractivity contribution in [3.63, 3.8) is 0 Å². The number of anilines is 2. The number of aryl methyl sites for hydroxylation is 3. The Balaban J connectivity index is 1.57. The van der Waals surface area contributed by atoms with E-state index in [4.69, 9.17) is 10.5 Å². The van der Waals surface area contributed by atoms with Crippen LogP contribution in [0.1, 0.15) is 55.9 Å². The second-order valence-electron chi connectivity index (χ2n) is 13.0. The first-order chi connectivity index (χ1) is 22.0. The Bertz CT molecular complexity index is 1830. The lowest BCUT2D eigenvalue weighted by Gasteiger charge is -2.27. The van der Waals surface area contributed by atoms with Crippen molar-refractivity contribution in [1.29, 1.82) is 0 Å². The Kier molecular flexibility index (Phi) is 11.2. The van der Waals surface area contributed by atoms with Crippen molar-refractivity contribution >= 4 is 57.2 Å². The number of carbonyl (C=O) groups is 2. The highest BCUT2D eigenvalue weighted by molar-refractivity contribution is 7.92. The summed E-state index contributed by atoms with van der Waals surface area (Å²) < 4.78 is 32.4. The molecule has 10 nitrogen and oxygen atoms in total.